The van der Waals surface area contributed by atoms with E-state index in [4.69, 9.17) is 0 Å². The van der Waals surface area contributed by atoms with Crippen molar-refractivity contribution in [3.63, 3.8) is 0 Å². The van der Waals surface area contributed by atoms with Crippen molar-refractivity contribution in [1.82, 2.24) is 14.8 Å². The molecule has 0 saturated heterocycles. The highest BCUT2D eigenvalue weighted by atomic mass is 32.3. The van der Waals surface area contributed by atoms with Crippen LogP contribution in [0.3, 0.4) is 0 Å². The van der Waals surface area contributed by atoms with Crippen LogP contribution in [0.5, 0.6) is 0 Å². The third kappa shape index (κ3) is 2.48. The number of halogens is 1. The first-order valence-corrected chi connectivity index (χ1v) is 7.31. The standard InChI is InChI=1S/C10H16FN3O2S/c1-2-5-9-12-13-10(17(11,15)16)14(9)8-6-3-4-7-8/h8H,2-7H2,1H3. The smallest absolute Gasteiger partial charge is 0.297 e. The van der Waals surface area contributed by atoms with Crippen LogP contribution in [-0.4, -0.2) is 23.2 Å². The molecule has 0 spiro atoms. The van der Waals surface area contributed by atoms with E-state index in [1.54, 1.807) is 0 Å². The van der Waals surface area contributed by atoms with Gasteiger partial charge in [-0.1, -0.05) is 23.7 Å². The zero-order chi connectivity index (χ0) is 12.5. The predicted octanol–water partition coefficient (Wildman–Crippen LogP) is 2.00. The first-order valence-electron chi connectivity index (χ1n) is 5.92. The Morgan fingerprint density at radius 2 is 2.00 bits per heavy atom. The Kier molecular flexibility index (Phi) is 3.46. The van der Waals surface area contributed by atoms with Gasteiger partial charge in [0.1, 0.15) is 5.82 Å². The summed E-state index contributed by atoms with van der Waals surface area (Å²) < 4.78 is 36.7. The van der Waals surface area contributed by atoms with Gasteiger partial charge in [-0.05, 0) is 19.3 Å². The predicted molar refractivity (Wildman–Crippen MR) is 59.8 cm³/mol. The molecule has 5 nitrogen and oxygen atoms in total. The van der Waals surface area contributed by atoms with E-state index in [1.807, 2.05) is 6.92 Å². The van der Waals surface area contributed by atoms with Gasteiger partial charge in [-0.25, -0.2) is 0 Å². The molecule has 1 aliphatic rings. The van der Waals surface area contributed by atoms with Crippen LogP contribution in [0.1, 0.15) is 50.9 Å². The molecule has 7 heteroatoms. The Morgan fingerprint density at radius 3 is 2.53 bits per heavy atom. The molecule has 2 rings (SSSR count). The summed E-state index contributed by atoms with van der Waals surface area (Å²) in [6.45, 7) is 1.97. The molecule has 0 aromatic carbocycles. The van der Waals surface area contributed by atoms with Crippen molar-refractivity contribution >= 4 is 10.2 Å². The highest BCUT2D eigenvalue weighted by Gasteiger charge is 2.29. The summed E-state index contributed by atoms with van der Waals surface area (Å²) in [5.74, 6) is 0.579. The molecule has 0 unspecified atom stereocenters. The van der Waals surface area contributed by atoms with E-state index in [0.717, 1.165) is 32.1 Å². The fourth-order valence-electron chi connectivity index (χ4n) is 2.40. The van der Waals surface area contributed by atoms with Crippen LogP contribution in [0.25, 0.3) is 0 Å². The van der Waals surface area contributed by atoms with Gasteiger partial charge in [0, 0.05) is 12.5 Å². The molecule has 0 aliphatic heterocycles. The lowest BCUT2D eigenvalue weighted by molar-refractivity contribution is 0.442. The Balaban J connectivity index is 2.46. The van der Waals surface area contributed by atoms with Crippen molar-refractivity contribution in [3.8, 4) is 0 Å². The third-order valence-electron chi connectivity index (χ3n) is 3.12. The Morgan fingerprint density at radius 1 is 1.35 bits per heavy atom. The Hall–Kier alpha value is -0.980. The molecule has 0 radical (unpaired) electrons. The Labute approximate surface area is 100 Å². The quantitative estimate of drug-likeness (QED) is 0.778. The summed E-state index contributed by atoms with van der Waals surface area (Å²) in [4.78, 5) is 0. The normalized spacial score (nSPS) is 17.8. The number of aromatic nitrogens is 3. The molecule has 17 heavy (non-hydrogen) atoms. The van der Waals surface area contributed by atoms with Crippen LogP contribution in [0.2, 0.25) is 0 Å². The lowest BCUT2D eigenvalue weighted by atomic mass is 10.2. The summed E-state index contributed by atoms with van der Waals surface area (Å²) in [7, 11) is -4.78. The number of hydrogen-bond acceptors (Lipinski definition) is 4. The SMILES string of the molecule is CCCc1nnc(S(=O)(=O)F)n1C1CCCC1. The van der Waals surface area contributed by atoms with Crippen LogP contribution in [0, 0.1) is 0 Å². The molecule has 1 aromatic heterocycles. The van der Waals surface area contributed by atoms with Crippen LogP contribution < -0.4 is 0 Å². The van der Waals surface area contributed by atoms with Crippen molar-refractivity contribution in [2.24, 2.45) is 0 Å². The maximum absolute atomic E-state index is 13.1. The molecule has 1 fully saturated rings. The minimum Gasteiger partial charge on any atom is -0.297 e. The number of rotatable bonds is 4. The van der Waals surface area contributed by atoms with Gasteiger partial charge < -0.3 is 0 Å². The van der Waals surface area contributed by atoms with Crippen LogP contribution in [0.4, 0.5) is 3.89 Å². The van der Waals surface area contributed by atoms with Gasteiger partial charge in [-0.15, -0.1) is 10.2 Å². The van der Waals surface area contributed by atoms with Gasteiger partial charge >= 0.3 is 10.2 Å². The molecule has 0 N–H and O–H groups in total. The molecular formula is C10H16FN3O2S. The lowest BCUT2D eigenvalue weighted by Gasteiger charge is -2.15. The van der Waals surface area contributed by atoms with Gasteiger partial charge in [0.2, 0.25) is 0 Å². The van der Waals surface area contributed by atoms with Crippen molar-refractivity contribution in [3.05, 3.63) is 5.82 Å². The van der Waals surface area contributed by atoms with Crippen LogP contribution in [0.15, 0.2) is 5.16 Å². The summed E-state index contributed by atoms with van der Waals surface area (Å²) in [6, 6.07) is 0.0343. The first kappa shape index (κ1) is 12.5. The zero-order valence-corrected chi connectivity index (χ0v) is 10.6. The summed E-state index contributed by atoms with van der Waals surface area (Å²) in [5.41, 5.74) is 0. The van der Waals surface area contributed by atoms with Crippen molar-refractivity contribution in [2.75, 3.05) is 0 Å². The average Bonchev–Trinajstić information content (AvgIpc) is 2.82. The zero-order valence-electron chi connectivity index (χ0n) is 9.76. The van der Waals surface area contributed by atoms with Crippen LogP contribution in [-0.2, 0) is 16.6 Å². The maximum atomic E-state index is 13.1. The molecule has 0 bridgehead atoms. The largest absolute Gasteiger partial charge is 0.368 e. The second-order valence-electron chi connectivity index (χ2n) is 4.39. The van der Waals surface area contributed by atoms with Crippen molar-refractivity contribution in [1.29, 1.82) is 0 Å². The van der Waals surface area contributed by atoms with Gasteiger partial charge in [0.15, 0.2) is 0 Å². The minimum absolute atomic E-state index is 0.0343. The van der Waals surface area contributed by atoms with Gasteiger partial charge in [-0.2, -0.15) is 8.42 Å². The van der Waals surface area contributed by atoms with Crippen LogP contribution >= 0.6 is 0 Å². The summed E-state index contributed by atoms with van der Waals surface area (Å²) >= 11 is 0. The fourth-order valence-corrected chi connectivity index (χ4v) is 3.02. The Bertz CT molecular complexity index is 492. The van der Waals surface area contributed by atoms with E-state index in [0.29, 0.717) is 12.2 Å². The molecule has 1 heterocycles. The van der Waals surface area contributed by atoms with E-state index in [2.05, 4.69) is 10.2 Å². The molecule has 0 atom stereocenters. The summed E-state index contributed by atoms with van der Waals surface area (Å²) in [6.07, 6.45) is 5.28. The molecule has 96 valence electrons. The highest BCUT2D eigenvalue weighted by Crippen LogP contribution is 2.32. The van der Waals surface area contributed by atoms with E-state index in [-0.39, 0.29) is 6.04 Å². The van der Waals surface area contributed by atoms with E-state index < -0.39 is 15.4 Å². The van der Waals surface area contributed by atoms with E-state index in [9.17, 15) is 12.3 Å². The average molecular weight is 261 g/mol. The molecular weight excluding hydrogens is 245 g/mol. The van der Waals surface area contributed by atoms with E-state index in [1.165, 1.54) is 4.57 Å². The van der Waals surface area contributed by atoms with Crippen molar-refractivity contribution in [2.45, 2.75) is 56.6 Å². The van der Waals surface area contributed by atoms with Gasteiger partial charge in [0.25, 0.3) is 5.16 Å². The molecule has 1 aliphatic carbocycles. The molecule has 1 aromatic rings. The highest BCUT2D eigenvalue weighted by molar-refractivity contribution is 7.86. The van der Waals surface area contributed by atoms with E-state index >= 15 is 0 Å². The summed E-state index contributed by atoms with van der Waals surface area (Å²) in [5, 5.41) is 6.79. The number of hydrogen-bond donors (Lipinski definition) is 0. The third-order valence-corrected chi connectivity index (χ3v) is 3.83. The number of aryl methyl sites for hydroxylation is 1. The number of nitrogens with zero attached hydrogens (tertiary/aromatic N) is 3. The monoisotopic (exact) mass is 261 g/mol. The fraction of sp³-hybridized carbons (Fsp3) is 0.800. The molecule has 1 saturated carbocycles. The van der Waals surface area contributed by atoms with Crippen molar-refractivity contribution < 1.29 is 12.3 Å². The maximum Gasteiger partial charge on any atom is 0.368 e. The topological polar surface area (TPSA) is 64.8 Å². The minimum atomic E-state index is -4.78. The lowest BCUT2D eigenvalue weighted by Crippen LogP contribution is -2.14. The molecule has 0 amide bonds. The second kappa shape index (κ2) is 4.72. The van der Waals surface area contributed by atoms with Gasteiger partial charge in [0.05, 0.1) is 0 Å². The first-order chi connectivity index (χ1) is 8.04. The second-order valence-corrected chi connectivity index (χ2v) is 5.64. The van der Waals surface area contributed by atoms with Gasteiger partial charge in [-0.3, -0.25) is 4.57 Å².